The first-order valence-corrected chi connectivity index (χ1v) is 8.35. The van der Waals surface area contributed by atoms with E-state index < -0.39 is 0 Å². The first kappa shape index (κ1) is 15.7. The van der Waals surface area contributed by atoms with Crippen LogP contribution in [0, 0.1) is 19.8 Å². The molecule has 5 heteroatoms. The van der Waals surface area contributed by atoms with Crippen molar-refractivity contribution < 1.29 is 19.1 Å². The van der Waals surface area contributed by atoms with Crippen LogP contribution >= 0.6 is 0 Å². The topological polar surface area (TPSA) is 55.8 Å². The van der Waals surface area contributed by atoms with Crippen molar-refractivity contribution in [2.75, 3.05) is 11.7 Å². The number of anilines is 1. The number of hydrogen-bond acceptors (Lipinski definition) is 4. The lowest BCUT2D eigenvalue weighted by Gasteiger charge is -2.16. The Bertz CT molecular complexity index is 854. The second kappa shape index (κ2) is 5.92. The Kier molecular flexibility index (Phi) is 3.71. The van der Waals surface area contributed by atoms with E-state index in [0.717, 1.165) is 5.56 Å². The molecule has 0 N–H and O–H groups in total. The third-order valence-corrected chi connectivity index (χ3v) is 4.62. The van der Waals surface area contributed by atoms with Gasteiger partial charge in [0.05, 0.1) is 11.6 Å². The summed E-state index contributed by atoms with van der Waals surface area (Å²) in [7, 11) is 0. The van der Waals surface area contributed by atoms with Crippen LogP contribution in [0.1, 0.15) is 23.1 Å². The molecule has 2 aliphatic rings. The highest BCUT2D eigenvalue weighted by Gasteiger charge is 2.39. The number of hydrogen-bond donors (Lipinski definition) is 0. The number of ether oxygens (including phenoxy) is 2. The molecule has 128 valence electrons. The molecule has 0 radical (unpaired) electrons. The van der Waals surface area contributed by atoms with Gasteiger partial charge in [0.2, 0.25) is 18.6 Å². The highest BCUT2D eigenvalue weighted by atomic mass is 16.7. The van der Waals surface area contributed by atoms with Crippen molar-refractivity contribution in [3.8, 4) is 11.5 Å². The van der Waals surface area contributed by atoms with E-state index >= 15 is 0 Å². The zero-order valence-corrected chi connectivity index (χ0v) is 14.2. The summed E-state index contributed by atoms with van der Waals surface area (Å²) >= 11 is 0. The van der Waals surface area contributed by atoms with Crippen molar-refractivity contribution in [3.63, 3.8) is 0 Å². The van der Waals surface area contributed by atoms with Crippen LogP contribution in [-0.4, -0.2) is 18.6 Å². The average Bonchev–Trinajstić information content (AvgIpc) is 3.10. The fourth-order valence-electron chi connectivity index (χ4n) is 3.62. The number of benzene rings is 2. The molecule has 5 nitrogen and oxygen atoms in total. The van der Waals surface area contributed by atoms with E-state index in [1.807, 2.05) is 13.8 Å². The zero-order valence-electron chi connectivity index (χ0n) is 14.2. The highest BCUT2D eigenvalue weighted by Crippen LogP contribution is 2.38. The maximum absolute atomic E-state index is 12.8. The number of carbonyl (C=O) groups is 2. The number of imide groups is 1. The molecule has 1 fully saturated rings. The quantitative estimate of drug-likeness (QED) is 0.808. The molecule has 0 spiro atoms. The molecule has 2 amide bonds. The van der Waals surface area contributed by atoms with Gasteiger partial charge in [-0.2, -0.15) is 0 Å². The lowest BCUT2D eigenvalue weighted by molar-refractivity contribution is -0.122. The summed E-state index contributed by atoms with van der Waals surface area (Å²) in [4.78, 5) is 26.5. The fourth-order valence-corrected chi connectivity index (χ4v) is 3.62. The summed E-state index contributed by atoms with van der Waals surface area (Å²) in [5.74, 6) is 0.561. The van der Waals surface area contributed by atoms with E-state index in [4.69, 9.17) is 9.47 Å². The Balaban J connectivity index is 1.58. The molecule has 0 aliphatic carbocycles. The minimum Gasteiger partial charge on any atom is -0.454 e. The van der Waals surface area contributed by atoms with Crippen LogP contribution in [0.4, 0.5) is 5.69 Å². The van der Waals surface area contributed by atoms with Gasteiger partial charge in [0, 0.05) is 12.5 Å². The Hall–Kier alpha value is -2.82. The first-order chi connectivity index (χ1) is 12.0. The monoisotopic (exact) mass is 337 g/mol. The standard InChI is InChI=1S/C20H19NO4/c1-12-5-13(2)7-14(6-12)8-15-9-19(22)21(20(15)23)16-3-4-17-18(10-16)25-11-24-17/h3-7,10,15H,8-9,11H2,1-2H3/t15-/m1/s1. The van der Waals surface area contributed by atoms with Crippen molar-refractivity contribution in [1.29, 1.82) is 0 Å². The van der Waals surface area contributed by atoms with E-state index in [1.165, 1.54) is 16.0 Å². The van der Waals surface area contributed by atoms with E-state index in [1.54, 1.807) is 18.2 Å². The number of aryl methyl sites for hydroxylation is 2. The zero-order chi connectivity index (χ0) is 17.6. The number of amides is 2. The second-order valence-corrected chi connectivity index (χ2v) is 6.71. The van der Waals surface area contributed by atoms with Crippen molar-refractivity contribution in [2.24, 2.45) is 5.92 Å². The van der Waals surface area contributed by atoms with Gasteiger partial charge in [0.15, 0.2) is 11.5 Å². The molecule has 0 unspecified atom stereocenters. The summed E-state index contributed by atoms with van der Waals surface area (Å²) in [5, 5.41) is 0. The smallest absolute Gasteiger partial charge is 0.237 e. The molecule has 2 heterocycles. The van der Waals surface area contributed by atoms with Gasteiger partial charge >= 0.3 is 0 Å². The molecular formula is C20H19NO4. The number of carbonyl (C=O) groups excluding carboxylic acids is 2. The molecule has 2 aliphatic heterocycles. The van der Waals surface area contributed by atoms with Crippen molar-refractivity contribution in [1.82, 2.24) is 0 Å². The van der Waals surface area contributed by atoms with Crippen LogP contribution in [-0.2, 0) is 16.0 Å². The maximum atomic E-state index is 12.8. The second-order valence-electron chi connectivity index (χ2n) is 6.71. The van der Waals surface area contributed by atoms with E-state index in [9.17, 15) is 9.59 Å². The number of fused-ring (bicyclic) bond motifs is 1. The highest BCUT2D eigenvalue weighted by molar-refractivity contribution is 6.21. The Labute approximate surface area is 146 Å². The van der Waals surface area contributed by atoms with E-state index in [-0.39, 0.29) is 30.9 Å². The Morgan fingerprint density at radius 3 is 2.48 bits per heavy atom. The van der Waals surface area contributed by atoms with Crippen molar-refractivity contribution in [2.45, 2.75) is 26.7 Å². The predicted octanol–water partition coefficient (Wildman–Crippen LogP) is 3.15. The van der Waals surface area contributed by atoms with Gasteiger partial charge in [-0.15, -0.1) is 0 Å². The number of nitrogens with zero attached hydrogens (tertiary/aromatic N) is 1. The maximum Gasteiger partial charge on any atom is 0.237 e. The van der Waals surface area contributed by atoms with Crippen molar-refractivity contribution in [3.05, 3.63) is 53.1 Å². The summed E-state index contributed by atoms with van der Waals surface area (Å²) in [6.45, 7) is 4.24. The van der Waals surface area contributed by atoms with Crippen LogP contribution in [0.2, 0.25) is 0 Å². The first-order valence-electron chi connectivity index (χ1n) is 8.35. The van der Waals surface area contributed by atoms with Gasteiger partial charge in [-0.1, -0.05) is 29.3 Å². The van der Waals surface area contributed by atoms with Gasteiger partial charge in [-0.25, -0.2) is 0 Å². The molecule has 0 aromatic heterocycles. The number of rotatable bonds is 3. The lowest BCUT2D eigenvalue weighted by atomic mass is 9.95. The Morgan fingerprint density at radius 1 is 1.00 bits per heavy atom. The van der Waals surface area contributed by atoms with Gasteiger partial charge in [-0.3, -0.25) is 14.5 Å². The lowest BCUT2D eigenvalue weighted by Crippen LogP contribution is -2.30. The third kappa shape index (κ3) is 2.86. The molecular weight excluding hydrogens is 318 g/mol. The normalized spacial score (nSPS) is 19.0. The molecule has 2 aromatic rings. The minimum atomic E-state index is -0.320. The predicted molar refractivity (Wildman–Crippen MR) is 92.8 cm³/mol. The van der Waals surface area contributed by atoms with Crippen molar-refractivity contribution >= 4 is 17.5 Å². The molecule has 1 atom stereocenters. The molecule has 4 rings (SSSR count). The molecule has 2 aromatic carbocycles. The van der Waals surface area contributed by atoms with Gasteiger partial charge < -0.3 is 9.47 Å². The fraction of sp³-hybridized carbons (Fsp3) is 0.300. The van der Waals surface area contributed by atoms with E-state index in [2.05, 4.69) is 18.2 Å². The van der Waals surface area contributed by atoms with E-state index in [0.29, 0.717) is 23.6 Å². The van der Waals surface area contributed by atoms with Crippen LogP contribution in [0.25, 0.3) is 0 Å². The third-order valence-electron chi connectivity index (χ3n) is 4.62. The summed E-state index contributed by atoms with van der Waals surface area (Å²) in [6.07, 6.45) is 0.814. The average molecular weight is 337 g/mol. The molecule has 0 saturated carbocycles. The summed E-state index contributed by atoms with van der Waals surface area (Å²) < 4.78 is 10.6. The Morgan fingerprint density at radius 2 is 1.72 bits per heavy atom. The summed E-state index contributed by atoms with van der Waals surface area (Å²) in [5.41, 5.74) is 3.97. The van der Waals surface area contributed by atoms with Crippen LogP contribution in [0.5, 0.6) is 11.5 Å². The van der Waals surface area contributed by atoms with Gasteiger partial charge in [0.1, 0.15) is 0 Å². The van der Waals surface area contributed by atoms with Crippen LogP contribution in [0.15, 0.2) is 36.4 Å². The largest absolute Gasteiger partial charge is 0.454 e. The minimum absolute atomic E-state index is 0.150. The SMILES string of the molecule is Cc1cc(C)cc(C[C@@H]2CC(=O)N(c3ccc4c(c3)OCO4)C2=O)c1. The van der Waals surface area contributed by atoms with Crippen LogP contribution in [0.3, 0.4) is 0 Å². The molecule has 1 saturated heterocycles. The van der Waals surface area contributed by atoms with Gasteiger partial charge in [-0.05, 0) is 38.0 Å². The van der Waals surface area contributed by atoms with Crippen LogP contribution < -0.4 is 14.4 Å². The van der Waals surface area contributed by atoms with Gasteiger partial charge in [0.25, 0.3) is 0 Å². The summed E-state index contributed by atoms with van der Waals surface area (Å²) in [6, 6.07) is 11.4. The molecule has 25 heavy (non-hydrogen) atoms. The molecule has 0 bridgehead atoms.